The van der Waals surface area contributed by atoms with Crippen molar-refractivity contribution in [2.75, 3.05) is 37.7 Å². The van der Waals surface area contributed by atoms with Gasteiger partial charge in [0.05, 0.1) is 13.2 Å². The number of anilines is 1. The van der Waals surface area contributed by atoms with Gasteiger partial charge in [-0.25, -0.2) is 4.68 Å². The first kappa shape index (κ1) is 16.6. The molecular weight excluding hydrogens is 344 g/mol. The molecule has 0 bridgehead atoms. The summed E-state index contributed by atoms with van der Waals surface area (Å²) in [5.74, 6) is 2.61. The highest BCUT2D eigenvalue weighted by Crippen LogP contribution is 2.31. The van der Waals surface area contributed by atoms with Crippen LogP contribution < -0.4 is 15.0 Å². The molecule has 8 heteroatoms. The van der Waals surface area contributed by atoms with Gasteiger partial charge >= 0.3 is 0 Å². The molecule has 142 valence electrons. The zero-order valence-electron chi connectivity index (χ0n) is 15.5. The van der Waals surface area contributed by atoms with E-state index in [-0.39, 0.29) is 12.5 Å². The molecule has 2 aromatic rings. The quantitative estimate of drug-likeness (QED) is 0.861. The molecule has 1 amide bonds. The van der Waals surface area contributed by atoms with Gasteiger partial charge in [-0.3, -0.25) is 9.69 Å². The van der Waals surface area contributed by atoms with Gasteiger partial charge in [0.25, 0.3) is 0 Å². The molecule has 1 aromatic heterocycles. The summed E-state index contributed by atoms with van der Waals surface area (Å²) in [5, 5.41) is 7.34. The molecule has 1 fully saturated rings. The van der Waals surface area contributed by atoms with Crippen molar-refractivity contribution in [3.63, 3.8) is 0 Å². The van der Waals surface area contributed by atoms with Crippen LogP contribution in [-0.4, -0.2) is 58.4 Å². The lowest BCUT2D eigenvalue weighted by molar-refractivity contribution is -0.122. The Morgan fingerprint density at radius 1 is 1.22 bits per heavy atom. The Kier molecular flexibility index (Phi) is 4.00. The molecule has 0 saturated carbocycles. The van der Waals surface area contributed by atoms with Crippen LogP contribution in [0.15, 0.2) is 18.2 Å². The van der Waals surface area contributed by atoms with Crippen LogP contribution in [0, 0.1) is 0 Å². The number of carbonyl (C=O) groups excluding carboxylic acids is 1. The van der Waals surface area contributed by atoms with Crippen LogP contribution in [0.3, 0.4) is 0 Å². The lowest BCUT2D eigenvalue weighted by Gasteiger charge is -2.37. The lowest BCUT2D eigenvalue weighted by Crippen LogP contribution is -2.47. The Morgan fingerprint density at radius 3 is 2.93 bits per heavy atom. The van der Waals surface area contributed by atoms with Crippen LogP contribution in [0.4, 0.5) is 5.95 Å². The number of hydrogen-bond donors (Lipinski definition) is 1. The number of aromatic nitrogens is 3. The molecule has 1 saturated heterocycles. The number of rotatable bonds is 3. The van der Waals surface area contributed by atoms with E-state index in [1.54, 1.807) is 4.68 Å². The van der Waals surface area contributed by atoms with Crippen molar-refractivity contribution in [2.45, 2.75) is 32.5 Å². The van der Waals surface area contributed by atoms with E-state index < -0.39 is 0 Å². The monoisotopic (exact) mass is 368 g/mol. The third-order valence-corrected chi connectivity index (χ3v) is 5.82. The van der Waals surface area contributed by atoms with Crippen molar-refractivity contribution in [3.05, 3.63) is 35.2 Å². The maximum absolute atomic E-state index is 11.5. The zero-order chi connectivity index (χ0) is 18.4. The Morgan fingerprint density at radius 2 is 2.07 bits per heavy atom. The standard InChI is InChI=1S/C19H24N6O2/c1-13(15-3-2-14-4-9-27-16(14)10-15)23-5-7-24(8-6-23)19-21-17-11-20-18(26)12-25(17)22-19/h2-3,10,13H,4-9,11-12H2,1H3,(H,20,26). The minimum Gasteiger partial charge on any atom is -0.493 e. The second-order valence-corrected chi connectivity index (χ2v) is 7.43. The molecule has 1 atom stereocenters. The molecule has 8 nitrogen and oxygen atoms in total. The van der Waals surface area contributed by atoms with Crippen molar-refractivity contribution in [1.29, 1.82) is 0 Å². The second kappa shape index (κ2) is 6.53. The zero-order valence-corrected chi connectivity index (χ0v) is 15.5. The van der Waals surface area contributed by atoms with E-state index in [1.807, 2.05) is 0 Å². The van der Waals surface area contributed by atoms with Crippen molar-refractivity contribution < 1.29 is 9.53 Å². The van der Waals surface area contributed by atoms with E-state index in [2.05, 4.69) is 50.3 Å². The van der Waals surface area contributed by atoms with Crippen LogP contribution in [-0.2, 0) is 24.3 Å². The van der Waals surface area contributed by atoms with Gasteiger partial charge in [0, 0.05) is 38.6 Å². The number of ether oxygens (including phenoxy) is 1. The number of benzene rings is 1. The van der Waals surface area contributed by atoms with Gasteiger partial charge in [-0.1, -0.05) is 12.1 Å². The van der Waals surface area contributed by atoms with Crippen molar-refractivity contribution in [2.24, 2.45) is 0 Å². The van der Waals surface area contributed by atoms with Gasteiger partial charge in [0.2, 0.25) is 11.9 Å². The third-order valence-electron chi connectivity index (χ3n) is 5.82. The molecule has 0 aliphatic carbocycles. The predicted octanol–water partition coefficient (Wildman–Crippen LogP) is 0.726. The molecule has 3 aliphatic heterocycles. The minimum atomic E-state index is -0.00378. The molecule has 27 heavy (non-hydrogen) atoms. The van der Waals surface area contributed by atoms with E-state index in [1.165, 1.54) is 11.1 Å². The Labute approximate surface area is 158 Å². The highest BCUT2D eigenvalue weighted by Gasteiger charge is 2.27. The van der Waals surface area contributed by atoms with Crippen LogP contribution in [0.25, 0.3) is 0 Å². The fraction of sp³-hybridized carbons (Fsp3) is 0.526. The van der Waals surface area contributed by atoms with Crippen LogP contribution in [0.2, 0.25) is 0 Å². The van der Waals surface area contributed by atoms with Crippen LogP contribution in [0.5, 0.6) is 5.75 Å². The summed E-state index contributed by atoms with van der Waals surface area (Å²) < 4.78 is 7.44. The van der Waals surface area contributed by atoms with E-state index >= 15 is 0 Å². The smallest absolute Gasteiger partial charge is 0.245 e. The van der Waals surface area contributed by atoms with Crippen molar-refractivity contribution in [1.82, 2.24) is 25.0 Å². The molecule has 5 rings (SSSR count). The van der Waals surface area contributed by atoms with Gasteiger partial charge < -0.3 is 15.0 Å². The second-order valence-electron chi connectivity index (χ2n) is 7.43. The number of nitrogens with zero attached hydrogens (tertiary/aromatic N) is 5. The van der Waals surface area contributed by atoms with Gasteiger partial charge in [-0.2, -0.15) is 4.98 Å². The Hall–Kier alpha value is -2.61. The van der Waals surface area contributed by atoms with Crippen molar-refractivity contribution in [3.8, 4) is 5.75 Å². The molecule has 3 aliphatic rings. The molecule has 0 radical (unpaired) electrons. The number of carbonyl (C=O) groups is 1. The fourth-order valence-electron chi connectivity index (χ4n) is 4.08. The predicted molar refractivity (Wildman–Crippen MR) is 99.7 cm³/mol. The topological polar surface area (TPSA) is 75.5 Å². The molecule has 1 unspecified atom stereocenters. The maximum Gasteiger partial charge on any atom is 0.245 e. The molecule has 4 heterocycles. The summed E-state index contributed by atoms with van der Waals surface area (Å²) in [5.41, 5.74) is 2.63. The summed E-state index contributed by atoms with van der Waals surface area (Å²) in [6.45, 7) is 7.47. The largest absolute Gasteiger partial charge is 0.493 e. The molecular formula is C19H24N6O2. The minimum absolute atomic E-state index is 0.00378. The number of fused-ring (bicyclic) bond motifs is 2. The van der Waals surface area contributed by atoms with Crippen LogP contribution in [0.1, 0.15) is 29.9 Å². The normalized spacial score (nSPS) is 20.6. The van der Waals surface area contributed by atoms with Crippen molar-refractivity contribution >= 4 is 11.9 Å². The van der Waals surface area contributed by atoms with Gasteiger partial charge in [0.1, 0.15) is 18.1 Å². The van der Waals surface area contributed by atoms with E-state index in [9.17, 15) is 4.79 Å². The van der Waals surface area contributed by atoms with Crippen LogP contribution >= 0.6 is 0 Å². The first-order valence-corrected chi connectivity index (χ1v) is 9.62. The number of nitrogens with one attached hydrogen (secondary N) is 1. The van der Waals surface area contributed by atoms with E-state index in [0.29, 0.717) is 12.6 Å². The Balaban J connectivity index is 1.24. The highest BCUT2D eigenvalue weighted by atomic mass is 16.5. The summed E-state index contributed by atoms with van der Waals surface area (Å²) in [7, 11) is 0. The number of piperazine rings is 1. The highest BCUT2D eigenvalue weighted by molar-refractivity contribution is 5.76. The average molecular weight is 368 g/mol. The van der Waals surface area contributed by atoms with E-state index in [4.69, 9.17) is 4.74 Å². The first-order valence-electron chi connectivity index (χ1n) is 9.62. The van der Waals surface area contributed by atoms with Gasteiger partial charge in [-0.05, 0) is 24.1 Å². The third kappa shape index (κ3) is 3.03. The molecule has 1 N–H and O–H groups in total. The fourth-order valence-corrected chi connectivity index (χ4v) is 4.08. The summed E-state index contributed by atoms with van der Waals surface area (Å²) in [4.78, 5) is 20.8. The summed E-state index contributed by atoms with van der Waals surface area (Å²) in [6, 6.07) is 7.00. The van der Waals surface area contributed by atoms with E-state index in [0.717, 1.165) is 56.7 Å². The summed E-state index contributed by atoms with van der Waals surface area (Å²) in [6.07, 6.45) is 1.02. The molecule has 0 spiro atoms. The average Bonchev–Trinajstić information content (AvgIpc) is 3.33. The SMILES string of the molecule is CC(c1ccc2c(c1)OCC2)N1CCN(c2nc3n(n2)CC(=O)NC3)CC1. The van der Waals surface area contributed by atoms with Gasteiger partial charge in [-0.15, -0.1) is 5.10 Å². The lowest BCUT2D eigenvalue weighted by atomic mass is 10.0. The Bertz CT molecular complexity index is 871. The maximum atomic E-state index is 11.5. The number of amides is 1. The molecule has 1 aromatic carbocycles. The van der Waals surface area contributed by atoms with Gasteiger partial charge in [0.15, 0.2) is 0 Å². The number of hydrogen-bond acceptors (Lipinski definition) is 6. The first-order chi connectivity index (χ1) is 13.2. The summed E-state index contributed by atoms with van der Waals surface area (Å²) >= 11 is 0.